The van der Waals surface area contributed by atoms with Crippen molar-refractivity contribution in [3.05, 3.63) is 45.0 Å². The monoisotopic (exact) mass is 204 g/mol. The minimum atomic E-state index is -0.309. The van der Waals surface area contributed by atoms with Gasteiger partial charge in [-0.1, -0.05) is 0 Å². The van der Waals surface area contributed by atoms with Crippen molar-refractivity contribution in [1.82, 2.24) is 9.55 Å². The molecule has 2 heterocycles. The molecular weight excluding hydrogens is 196 g/mol. The van der Waals surface area contributed by atoms with Crippen molar-refractivity contribution in [3.8, 4) is 0 Å². The molecule has 2 aromatic rings. The Hall–Kier alpha value is -2.17. The number of pyridine rings is 2. The van der Waals surface area contributed by atoms with Gasteiger partial charge in [0.25, 0.3) is 5.56 Å². The number of carbonyl (C=O) groups excluding carboxylic acids is 1. The first-order valence-corrected chi connectivity index (χ1v) is 4.39. The molecule has 0 bridgehead atoms. The summed E-state index contributed by atoms with van der Waals surface area (Å²) in [6.45, 7) is -0.0594. The lowest BCUT2D eigenvalue weighted by molar-refractivity contribution is -0.108. The molecule has 0 radical (unpaired) electrons. The summed E-state index contributed by atoms with van der Waals surface area (Å²) in [5, 5.41) is 0.719. The number of H-pyrrole nitrogens is 1. The lowest BCUT2D eigenvalue weighted by Crippen LogP contribution is -2.22. The van der Waals surface area contributed by atoms with Gasteiger partial charge in [-0.25, -0.2) is 0 Å². The van der Waals surface area contributed by atoms with Crippen LogP contribution in [0.2, 0.25) is 0 Å². The predicted octanol–water partition coefficient (Wildman–Crippen LogP) is -0.111. The highest BCUT2D eigenvalue weighted by Gasteiger charge is 2.02. The summed E-state index contributed by atoms with van der Waals surface area (Å²) < 4.78 is 1.23. The third kappa shape index (κ3) is 1.59. The lowest BCUT2D eigenvalue weighted by Gasteiger charge is -2.04. The fourth-order valence-corrected chi connectivity index (χ4v) is 1.45. The highest BCUT2D eigenvalue weighted by atomic mass is 16.1. The van der Waals surface area contributed by atoms with E-state index in [1.54, 1.807) is 12.1 Å². The first kappa shape index (κ1) is 9.39. The van der Waals surface area contributed by atoms with E-state index < -0.39 is 0 Å². The molecule has 0 spiro atoms. The zero-order valence-corrected chi connectivity index (χ0v) is 7.77. The molecule has 1 N–H and O–H groups in total. The summed E-state index contributed by atoms with van der Waals surface area (Å²) in [6, 6.07) is 5.95. The molecule has 0 aromatic carbocycles. The Morgan fingerprint density at radius 2 is 1.93 bits per heavy atom. The number of aromatic nitrogens is 2. The molecule has 0 saturated heterocycles. The van der Waals surface area contributed by atoms with Crippen LogP contribution in [-0.2, 0) is 11.3 Å². The largest absolute Gasteiger partial charge is 0.308 e. The molecule has 0 fully saturated rings. The summed E-state index contributed by atoms with van der Waals surface area (Å²) in [7, 11) is 0. The molecule has 15 heavy (non-hydrogen) atoms. The highest BCUT2D eigenvalue weighted by Crippen LogP contribution is 2.04. The first-order valence-electron chi connectivity index (χ1n) is 4.39. The Morgan fingerprint density at radius 3 is 2.67 bits per heavy atom. The van der Waals surface area contributed by atoms with Gasteiger partial charge in [0, 0.05) is 17.5 Å². The average Bonchev–Trinajstić information content (AvgIpc) is 2.23. The topological polar surface area (TPSA) is 71.9 Å². The number of carbonyl (C=O) groups is 1. The molecule has 0 unspecified atom stereocenters. The van der Waals surface area contributed by atoms with Gasteiger partial charge in [0.15, 0.2) is 0 Å². The van der Waals surface area contributed by atoms with Gasteiger partial charge in [-0.3, -0.25) is 14.2 Å². The van der Waals surface area contributed by atoms with Crippen LogP contribution in [0.5, 0.6) is 0 Å². The molecule has 0 amide bonds. The lowest BCUT2D eigenvalue weighted by atomic mass is 10.3. The number of aromatic amines is 1. The summed E-state index contributed by atoms with van der Waals surface area (Å²) in [4.78, 5) is 35.4. The van der Waals surface area contributed by atoms with Gasteiger partial charge in [-0.2, -0.15) is 0 Å². The van der Waals surface area contributed by atoms with Crippen LogP contribution in [0, 0.1) is 0 Å². The maximum atomic E-state index is 11.4. The van der Waals surface area contributed by atoms with Crippen LogP contribution >= 0.6 is 0 Å². The molecular formula is C10H8N2O3. The molecule has 5 nitrogen and oxygen atoms in total. The van der Waals surface area contributed by atoms with Crippen LogP contribution in [0.4, 0.5) is 0 Å². The van der Waals surface area contributed by atoms with Crippen molar-refractivity contribution in [2.24, 2.45) is 0 Å². The van der Waals surface area contributed by atoms with Gasteiger partial charge in [0.05, 0.1) is 6.54 Å². The van der Waals surface area contributed by atoms with Gasteiger partial charge < -0.3 is 9.78 Å². The van der Waals surface area contributed by atoms with Crippen molar-refractivity contribution in [3.63, 3.8) is 0 Å². The normalized spacial score (nSPS) is 10.4. The van der Waals surface area contributed by atoms with Crippen LogP contribution in [-0.4, -0.2) is 15.8 Å². The van der Waals surface area contributed by atoms with Crippen LogP contribution in [0.15, 0.2) is 33.9 Å². The second-order valence-corrected chi connectivity index (χ2v) is 3.08. The van der Waals surface area contributed by atoms with Crippen LogP contribution < -0.4 is 11.1 Å². The Morgan fingerprint density at radius 1 is 1.20 bits per heavy atom. The molecule has 2 aromatic heterocycles. The average molecular weight is 204 g/mol. The van der Waals surface area contributed by atoms with E-state index in [0.29, 0.717) is 11.9 Å². The highest BCUT2D eigenvalue weighted by molar-refractivity contribution is 5.75. The van der Waals surface area contributed by atoms with Crippen molar-refractivity contribution in [1.29, 1.82) is 0 Å². The van der Waals surface area contributed by atoms with E-state index in [1.165, 1.54) is 16.7 Å². The van der Waals surface area contributed by atoms with Crippen molar-refractivity contribution >= 4 is 17.3 Å². The zero-order chi connectivity index (χ0) is 10.8. The Labute approximate surface area is 84.0 Å². The van der Waals surface area contributed by atoms with E-state index in [2.05, 4.69) is 4.98 Å². The van der Waals surface area contributed by atoms with Gasteiger partial charge in [-0.15, -0.1) is 0 Å². The second kappa shape index (κ2) is 3.53. The molecule has 0 aliphatic carbocycles. The maximum Gasteiger partial charge on any atom is 0.252 e. The first-order chi connectivity index (χ1) is 7.22. The summed E-state index contributed by atoms with van der Waals surface area (Å²) in [5.41, 5.74) is -0.230. The van der Waals surface area contributed by atoms with Crippen molar-refractivity contribution in [2.75, 3.05) is 0 Å². The van der Waals surface area contributed by atoms with E-state index in [-0.39, 0.29) is 17.7 Å². The zero-order valence-electron chi connectivity index (χ0n) is 7.77. The summed E-state index contributed by atoms with van der Waals surface area (Å²) >= 11 is 0. The van der Waals surface area contributed by atoms with E-state index in [1.807, 2.05) is 0 Å². The van der Waals surface area contributed by atoms with Crippen molar-refractivity contribution in [2.45, 2.75) is 6.54 Å². The quantitative estimate of drug-likeness (QED) is 0.693. The van der Waals surface area contributed by atoms with E-state index in [0.717, 1.165) is 5.39 Å². The third-order valence-electron chi connectivity index (χ3n) is 2.13. The third-order valence-corrected chi connectivity index (χ3v) is 2.13. The summed E-state index contributed by atoms with van der Waals surface area (Å²) in [6.07, 6.45) is 0.617. The van der Waals surface area contributed by atoms with E-state index >= 15 is 0 Å². The number of nitrogens with one attached hydrogen (secondary N) is 1. The molecule has 0 atom stereocenters. The predicted molar refractivity (Wildman–Crippen MR) is 54.9 cm³/mol. The number of nitrogens with zero attached hydrogens (tertiary/aromatic N) is 1. The van der Waals surface area contributed by atoms with Crippen LogP contribution in [0.3, 0.4) is 0 Å². The molecule has 0 saturated carbocycles. The molecule has 0 aliphatic heterocycles. The minimum absolute atomic E-state index is 0.0594. The number of fused-ring (bicyclic) bond motifs is 1. The van der Waals surface area contributed by atoms with Crippen LogP contribution in [0.1, 0.15) is 0 Å². The Bertz CT molecular complexity index is 619. The maximum absolute atomic E-state index is 11.4. The Balaban J connectivity index is 2.90. The fourth-order valence-electron chi connectivity index (χ4n) is 1.45. The number of hydrogen-bond acceptors (Lipinski definition) is 3. The van der Waals surface area contributed by atoms with Gasteiger partial charge >= 0.3 is 0 Å². The molecule has 2 rings (SSSR count). The fraction of sp³-hybridized carbons (Fsp3) is 0.100. The van der Waals surface area contributed by atoms with Gasteiger partial charge in [-0.05, 0) is 12.1 Å². The number of hydrogen-bond donors (Lipinski definition) is 1. The van der Waals surface area contributed by atoms with Gasteiger partial charge in [0.1, 0.15) is 11.9 Å². The van der Waals surface area contributed by atoms with Crippen molar-refractivity contribution < 1.29 is 4.79 Å². The summed E-state index contributed by atoms with van der Waals surface area (Å²) in [5.74, 6) is 0. The van der Waals surface area contributed by atoms with Gasteiger partial charge in [0.2, 0.25) is 5.56 Å². The standard InChI is InChI=1S/C10H8N2O3/c13-6-5-12-9(15)4-2-7-1-3-8(14)11-10(7)12/h1-4,6H,5H2,(H,11,14). The minimum Gasteiger partial charge on any atom is -0.308 e. The number of aldehydes is 1. The van der Waals surface area contributed by atoms with Crippen LogP contribution in [0.25, 0.3) is 11.0 Å². The molecule has 5 heteroatoms. The van der Waals surface area contributed by atoms with E-state index in [4.69, 9.17) is 0 Å². The molecule has 76 valence electrons. The van der Waals surface area contributed by atoms with E-state index in [9.17, 15) is 14.4 Å². The SMILES string of the molecule is O=CCn1c(=O)ccc2ccc(=O)[nH]c21. The second-order valence-electron chi connectivity index (χ2n) is 3.08. The Kier molecular flexibility index (Phi) is 2.21. The smallest absolute Gasteiger partial charge is 0.252 e. The molecule has 0 aliphatic rings. The number of rotatable bonds is 2.